The largest absolute Gasteiger partial charge is 0.382 e. The van der Waals surface area contributed by atoms with Gasteiger partial charge in [-0.2, -0.15) is 0 Å². The molecule has 1 aromatic rings. The number of thiazole rings is 1. The normalized spacial score (nSPS) is 12.6. The second-order valence-electron chi connectivity index (χ2n) is 5.31. The summed E-state index contributed by atoms with van der Waals surface area (Å²) in [6.07, 6.45) is 0. The van der Waals surface area contributed by atoms with E-state index in [2.05, 4.69) is 9.88 Å². The van der Waals surface area contributed by atoms with Crippen molar-refractivity contribution in [2.75, 3.05) is 51.9 Å². The second kappa shape index (κ2) is 6.90. The Morgan fingerprint density at radius 2 is 1.95 bits per heavy atom. The molecular formula is C13H25N5OS. The average Bonchev–Trinajstić information content (AvgIpc) is 2.71. The number of carbonyl (C=O) groups excluding carboxylic acids is 1. The lowest BCUT2D eigenvalue weighted by atomic mass is 10.2. The maximum Gasteiger partial charge on any atom is 0.268 e. The SMILES string of the molecule is CCN(C(=O)c1sc(N(C)C)nc1N)C(C)CN(C)C. The van der Waals surface area contributed by atoms with Crippen LogP contribution in [-0.4, -0.2) is 68.0 Å². The van der Waals surface area contributed by atoms with Gasteiger partial charge in [0, 0.05) is 33.2 Å². The van der Waals surface area contributed by atoms with Crippen molar-refractivity contribution in [2.24, 2.45) is 0 Å². The molecule has 0 saturated heterocycles. The Balaban J connectivity index is 2.96. The molecule has 1 unspecified atom stereocenters. The van der Waals surface area contributed by atoms with Gasteiger partial charge in [-0.25, -0.2) is 4.98 Å². The number of hydrogen-bond donors (Lipinski definition) is 1. The number of hydrogen-bond acceptors (Lipinski definition) is 6. The quantitative estimate of drug-likeness (QED) is 0.855. The molecule has 1 heterocycles. The third kappa shape index (κ3) is 3.83. The molecular weight excluding hydrogens is 274 g/mol. The van der Waals surface area contributed by atoms with E-state index >= 15 is 0 Å². The van der Waals surface area contributed by atoms with Crippen molar-refractivity contribution in [3.8, 4) is 0 Å². The van der Waals surface area contributed by atoms with E-state index in [9.17, 15) is 4.79 Å². The highest BCUT2D eigenvalue weighted by atomic mass is 32.1. The van der Waals surface area contributed by atoms with E-state index in [4.69, 9.17) is 5.73 Å². The molecule has 114 valence electrons. The van der Waals surface area contributed by atoms with E-state index in [-0.39, 0.29) is 11.9 Å². The van der Waals surface area contributed by atoms with E-state index in [1.54, 1.807) is 0 Å². The summed E-state index contributed by atoms with van der Waals surface area (Å²) in [5.41, 5.74) is 5.89. The van der Waals surface area contributed by atoms with Gasteiger partial charge in [0.1, 0.15) is 10.7 Å². The molecule has 7 heteroatoms. The minimum Gasteiger partial charge on any atom is -0.382 e. The van der Waals surface area contributed by atoms with Crippen molar-refractivity contribution in [1.29, 1.82) is 0 Å². The molecule has 0 fully saturated rings. The molecule has 0 aliphatic carbocycles. The minimum atomic E-state index is -0.0371. The van der Waals surface area contributed by atoms with Crippen LogP contribution in [0.5, 0.6) is 0 Å². The third-order valence-electron chi connectivity index (χ3n) is 2.98. The van der Waals surface area contributed by atoms with Gasteiger partial charge >= 0.3 is 0 Å². The van der Waals surface area contributed by atoms with E-state index in [1.807, 2.05) is 51.8 Å². The van der Waals surface area contributed by atoms with Gasteiger partial charge in [-0.1, -0.05) is 11.3 Å². The van der Waals surface area contributed by atoms with Gasteiger partial charge in [0.2, 0.25) is 0 Å². The number of rotatable bonds is 6. The summed E-state index contributed by atoms with van der Waals surface area (Å²) in [7, 11) is 7.78. The van der Waals surface area contributed by atoms with Gasteiger partial charge in [-0.05, 0) is 27.9 Å². The summed E-state index contributed by atoms with van der Waals surface area (Å²) in [4.78, 5) is 23.2. The zero-order chi connectivity index (χ0) is 15.4. The number of anilines is 2. The molecule has 0 aliphatic rings. The molecule has 0 radical (unpaired) electrons. The number of nitrogen functional groups attached to an aromatic ring is 1. The van der Waals surface area contributed by atoms with Crippen molar-refractivity contribution in [1.82, 2.24) is 14.8 Å². The Hall–Kier alpha value is -1.34. The molecule has 1 amide bonds. The molecule has 0 spiro atoms. The predicted octanol–water partition coefficient (Wildman–Crippen LogP) is 1.20. The van der Waals surface area contributed by atoms with Crippen LogP contribution in [0.3, 0.4) is 0 Å². The lowest BCUT2D eigenvalue weighted by Gasteiger charge is -2.29. The molecule has 20 heavy (non-hydrogen) atoms. The highest BCUT2D eigenvalue weighted by Crippen LogP contribution is 2.28. The van der Waals surface area contributed by atoms with Crippen molar-refractivity contribution in [3.63, 3.8) is 0 Å². The molecule has 2 N–H and O–H groups in total. The summed E-state index contributed by atoms with van der Waals surface area (Å²) in [5, 5.41) is 0.752. The zero-order valence-electron chi connectivity index (χ0n) is 13.2. The number of carbonyl (C=O) groups is 1. The van der Waals surface area contributed by atoms with Crippen LogP contribution in [0.4, 0.5) is 10.9 Å². The summed E-state index contributed by atoms with van der Waals surface area (Å²) in [6, 6.07) is 0.131. The molecule has 0 aromatic carbocycles. The van der Waals surface area contributed by atoms with Crippen LogP contribution < -0.4 is 10.6 Å². The minimum absolute atomic E-state index is 0.0371. The first kappa shape index (κ1) is 16.7. The first-order valence-corrected chi connectivity index (χ1v) is 7.48. The smallest absolute Gasteiger partial charge is 0.268 e. The van der Waals surface area contributed by atoms with Crippen molar-refractivity contribution in [2.45, 2.75) is 19.9 Å². The van der Waals surface area contributed by atoms with E-state index in [1.165, 1.54) is 11.3 Å². The van der Waals surface area contributed by atoms with Crippen LogP contribution in [0.1, 0.15) is 23.5 Å². The molecule has 0 aliphatic heterocycles. The van der Waals surface area contributed by atoms with E-state index < -0.39 is 0 Å². The highest BCUT2D eigenvalue weighted by Gasteiger charge is 2.25. The van der Waals surface area contributed by atoms with Gasteiger partial charge in [0.15, 0.2) is 5.13 Å². The molecule has 1 atom stereocenters. The monoisotopic (exact) mass is 299 g/mol. The number of aromatic nitrogens is 1. The lowest BCUT2D eigenvalue weighted by molar-refractivity contribution is 0.0685. The molecule has 1 rings (SSSR count). The van der Waals surface area contributed by atoms with Gasteiger partial charge < -0.3 is 20.4 Å². The molecule has 0 bridgehead atoms. The van der Waals surface area contributed by atoms with Gasteiger partial charge in [-0.15, -0.1) is 0 Å². The summed E-state index contributed by atoms with van der Waals surface area (Å²) < 4.78 is 0. The fourth-order valence-corrected chi connectivity index (χ4v) is 2.94. The Morgan fingerprint density at radius 3 is 2.35 bits per heavy atom. The molecule has 1 aromatic heterocycles. The first-order valence-electron chi connectivity index (χ1n) is 6.67. The van der Waals surface area contributed by atoms with Crippen molar-refractivity contribution in [3.05, 3.63) is 4.88 Å². The van der Waals surface area contributed by atoms with Crippen LogP contribution in [0.15, 0.2) is 0 Å². The predicted molar refractivity (Wildman–Crippen MR) is 85.6 cm³/mol. The topological polar surface area (TPSA) is 65.7 Å². The van der Waals surface area contributed by atoms with Crippen LogP contribution in [-0.2, 0) is 0 Å². The van der Waals surface area contributed by atoms with Crippen LogP contribution in [0.2, 0.25) is 0 Å². The second-order valence-corrected chi connectivity index (χ2v) is 6.29. The van der Waals surface area contributed by atoms with E-state index in [0.717, 1.165) is 11.7 Å². The fraction of sp³-hybridized carbons (Fsp3) is 0.692. The average molecular weight is 299 g/mol. The van der Waals surface area contributed by atoms with Gasteiger partial charge in [0.25, 0.3) is 5.91 Å². The Morgan fingerprint density at radius 1 is 1.35 bits per heavy atom. The van der Waals surface area contributed by atoms with Crippen molar-refractivity contribution < 1.29 is 4.79 Å². The number of nitrogens with zero attached hydrogens (tertiary/aromatic N) is 4. The van der Waals surface area contributed by atoms with Crippen LogP contribution >= 0.6 is 11.3 Å². The highest BCUT2D eigenvalue weighted by molar-refractivity contribution is 7.18. The Bertz CT molecular complexity index is 458. The van der Waals surface area contributed by atoms with Gasteiger partial charge in [-0.3, -0.25) is 4.79 Å². The van der Waals surface area contributed by atoms with Crippen LogP contribution in [0, 0.1) is 0 Å². The Labute approximate surface area is 125 Å². The maximum atomic E-state index is 12.6. The maximum absolute atomic E-state index is 12.6. The summed E-state index contributed by atoms with van der Waals surface area (Å²) >= 11 is 1.34. The lowest BCUT2D eigenvalue weighted by Crippen LogP contribution is -2.43. The van der Waals surface area contributed by atoms with Crippen molar-refractivity contribution >= 4 is 28.2 Å². The first-order chi connectivity index (χ1) is 9.27. The van der Waals surface area contributed by atoms with E-state index in [0.29, 0.717) is 17.2 Å². The number of nitrogens with two attached hydrogens (primary N) is 1. The standard InChI is InChI=1S/C13H25N5OS/c1-7-18(9(2)8-16(3)4)12(19)10-11(14)15-13(20-10)17(5)6/h9H,7-8,14H2,1-6H3. The molecule has 0 saturated carbocycles. The molecule has 6 nitrogen and oxygen atoms in total. The Kier molecular flexibility index (Phi) is 5.76. The number of amides is 1. The van der Waals surface area contributed by atoms with Gasteiger partial charge in [0.05, 0.1) is 0 Å². The van der Waals surface area contributed by atoms with Crippen LogP contribution in [0.25, 0.3) is 0 Å². The zero-order valence-corrected chi connectivity index (χ0v) is 14.0. The summed E-state index contributed by atoms with van der Waals surface area (Å²) in [6.45, 7) is 5.50. The number of likely N-dealkylation sites (N-methyl/N-ethyl adjacent to an activating group) is 2. The fourth-order valence-electron chi connectivity index (χ4n) is 2.08. The summed E-state index contributed by atoms with van der Waals surface area (Å²) in [5.74, 6) is 0.282. The third-order valence-corrected chi connectivity index (χ3v) is 4.21.